The summed E-state index contributed by atoms with van der Waals surface area (Å²) in [6.45, 7) is 7.59. The van der Waals surface area contributed by atoms with Gasteiger partial charge < -0.3 is 5.32 Å². The lowest BCUT2D eigenvalue weighted by atomic mass is 10.2. The lowest BCUT2D eigenvalue weighted by Gasteiger charge is -2.11. The second kappa shape index (κ2) is 7.20. The summed E-state index contributed by atoms with van der Waals surface area (Å²) >= 11 is 7.15. The molecule has 3 aromatic rings. The number of thioether (sulfide) groups is 1. The Morgan fingerprint density at radius 1 is 1.31 bits per heavy atom. The predicted molar refractivity (Wildman–Crippen MR) is 100 cm³/mol. The molecule has 0 aliphatic rings. The molecule has 26 heavy (non-hydrogen) atoms. The van der Waals surface area contributed by atoms with E-state index in [1.807, 2.05) is 20.8 Å². The predicted octanol–water partition coefficient (Wildman–Crippen LogP) is 3.96. The molecular weight excluding hydrogens is 377 g/mol. The van der Waals surface area contributed by atoms with Crippen LogP contribution in [0.1, 0.15) is 23.9 Å². The Kier molecular flexibility index (Phi) is 5.15. The number of carbonyl (C=O) groups is 1. The van der Waals surface area contributed by atoms with Crippen LogP contribution in [0.5, 0.6) is 0 Å². The molecular formula is C17H17ClFN5OS. The van der Waals surface area contributed by atoms with Gasteiger partial charge in [0, 0.05) is 11.4 Å². The number of aromatic nitrogens is 4. The third-order valence-electron chi connectivity index (χ3n) is 4.08. The first-order chi connectivity index (χ1) is 12.3. The number of rotatable bonds is 4. The molecule has 0 fully saturated rings. The number of amides is 1. The molecule has 1 atom stereocenters. The van der Waals surface area contributed by atoms with E-state index < -0.39 is 11.1 Å². The van der Waals surface area contributed by atoms with Gasteiger partial charge in [-0.05, 0) is 51.5 Å². The Morgan fingerprint density at radius 2 is 2.04 bits per heavy atom. The van der Waals surface area contributed by atoms with Crippen molar-refractivity contribution in [3.05, 3.63) is 46.0 Å². The third kappa shape index (κ3) is 3.66. The molecule has 0 saturated heterocycles. The summed E-state index contributed by atoms with van der Waals surface area (Å²) in [6.07, 6.45) is 0. The van der Waals surface area contributed by atoms with Gasteiger partial charge in [0.1, 0.15) is 5.82 Å². The summed E-state index contributed by atoms with van der Waals surface area (Å²) in [5, 5.41) is 7.23. The summed E-state index contributed by atoms with van der Waals surface area (Å²) in [7, 11) is 0. The molecule has 0 saturated carbocycles. The van der Waals surface area contributed by atoms with Crippen LogP contribution in [-0.2, 0) is 4.79 Å². The number of aryl methyl sites for hydroxylation is 2. The normalized spacial score (nSPS) is 12.4. The highest BCUT2D eigenvalue weighted by Gasteiger charge is 2.19. The van der Waals surface area contributed by atoms with Crippen molar-refractivity contribution in [1.29, 1.82) is 0 Å². The van der Waals surface area contributed by atoms with Crippen molar-refractivity contribution in [2.75, 3.05) is 5.32 Å². The van der Waals surface area contributed by atoms with E-state index in [0.29, 0.717) is 16.6 Å². The molecule has 0 aliphatic carbocycles. The van der Waals surface area contributed by atoms with E-state index in [2.05, 4.69) is 20.4 Å². The molecule has 9 heteroatoms. The molecule has 0 radical (unpaired) electrons. The van der Waals surface area contributed by atoms with Gasteiger partial charge in [-0.25, -0.2) is 13.9 Å². The molecule has 1 unspecified atom stereocenters. The average Bonchev–Trinajstić information content (AvgIpc) is 2.97. The minimum atomic E-state index is -0.476. The van der Waals surface area contributed by atoms with Crippen LogP contribution in [0.15, 0.2) is 23.4 Å². The van der Waals surface area contributed by atoms with Crippen molar-refractivity contribution >= 4 is 40.7 Å². The van der Waals surface area contributed by atoms with Crippen molar-refractivity contribution < 1.29 is 9.18 Å². The quantitative estimate of drug-likeness (QED) is 0.679. The summed E-state index contributed by atoms with van der Waals surface area (Å²) in [6, 6.07) is 3.81. The monoisotopic (exact) mass is 393 g/mol. The fourth-order valence-corrected chi connectivity index (χ4v) is 3.28. The van der Waals surface area contributed by atoms with Crippen molar-refractivity contribution in [3.8, 4) is 0 Å². The van der Waals surface area contributed by atoms with Gasteiger partial charge in [-0.1, -0.05) is 23.4 Å². The Balaban J connectivity index is 1.77. The van der Waals surface area contributed by atoms with Crippen molar-refractivity contribution in [2.45, 2.75) is 38.1 Å². The second-order valence-corrected chi connectivity index (χ2v) is 7.60. The average molecular weight is 394 g/mol. The molecule has 0 aliphatic heterocycles. The van der Waals surface area contributed by atoms with Gasteiger partial charge in [-0.2, -0.15) is 4.98 Å². The first-order valence-electron chi connectivity index (χ1n) is 7.89. The highest BCUT2D eigenvalue weighted by atomic mass is 35.5. The van der Waals surface area contributed by atoms with Crippen LogP contribution in [0, 0.1) is 26.6 Å². The number of halogens is 2. The van der Waals surface area contributed by atoms with Crippen LogP contribution in [0.4, 0.5) is 10.1 Å². The minimum absolute atomic E-state index is 0.146. The zero-order chi connectivity index (χ0) is 19.0. The van der Waals surface area contributed by atoms with E-state index >= 15 is 0 Å². The van der Waals surface area contributed by atoms with E-state index in [1.54, 1.807) is 11.4 Å². The lowest BCUT2D eigenvalue weighted by molar-refractivity contribution is -0.115. The molecule has 0 spiro atoms. The van der Waals surface area contributed by atoms with E-state index in [4.69, 9.17) is 11.6 Å². The number of nitrogens with one attached hydrogen (secondary N) is 1. The van der Waals surface area contributed by atoms with E-state index in [1.165, 1.54) is 23.9 Å². The molecule has 6 nitrogen and oxygen atoms in total. The molecule has 2 aromatic heterocycles. The number of nitrogens with zero attached hydrogens (tertiary/aromatic N) is 4. The van der Waals surface area contributed by atoms with Gasteiger partial charge in [0.15, 0.2) is 0 Å². The van der Waals surface area contributed by atoms with Gasteiger partial charge in [-0.3, -0.25) is 4.79 Å². The number of fused-ring (bicyclic) bond motifs is 1. The molecule has 136 valence electrons. The van der Waals surface area contributed by atoms with Gasteiger partial charge in [-0.15, -0.1) is 5.10 Å². The van der Waals surface area contributed by atoms with Crippen LogP contribution in [0.25, 0.3) is 5.78 Å². The maximum atomic E-state index is 13.1. The Bertz CT molecular complexity index is 1010. The SMILES string of the molecule is Cc1nc2nc(SC(C)C(=O)Nc3ccc(F)cc3Cl)nn2c(C)c1C. The van der Waals surface area contributed by atoms with E-state index in [9.17, 15) is 9.18 Å². The van der Waals surface area contributed by atoms with Gasteiger partial charge in [0.25, 0.3) is 5.78 Å². The molecule has 1 amide bonds. The highest BCUT2D eigenvalue weighted by Crippen LogP contribution is 2.26. The van der Waals surface area contributed by atoms with Crippen molar-refractivity contribution in [2.24, 2.45) is 0 Å². The third-order valence-corrected chi connectivity index (χ3v) is 5.35. The summed E-state index contributed by atoms with van der Waals surface area (Å²) in [4.78, 5) is 21.2. The minimum Gasteiger partial charge on any atom is -0.324 e. The maximum absolute atomic E-state index is 13.1. The topological polar surface area (TPSA) is 72.2 Å². The largest absolute Gasteiger partial charge is 0.324 e. The molecule has 1 N–H and O–H groups in total. The Labute approximate surface area is 159 Å². The molecule has 3 rings (SSSR count). The van der Waals surface area contributed by atoms with E-state index in [-0.39, 0.29) is 10.9 Å². The van der Waals surface area contributed by atoms with Crippen LogP contribution >= 0.6 is 23.4 Å². The van der Waals surface area contributed by atoms with Gasteiger partial charge in [0.2, 0.25) is 11.1 Å². The Morgan fingerprint density at radius 3 is 2.73 bits per heavy atom. The first-order valence-corrected chi connectivity index (χ1v) is 9.15. The standard InChI is InChI=1S/C17H17ClFN5OS/c1-8-9(2)20-16-22-17(23-24(16)10(8)3)26-11(4)15(25)21-14-6-5-12(19)7-13(14)18/h5-7,11H,1-4H3,(H,21,25). The summed E-state index contributed by atoms with van der Waals surface area (Å²) in [5.41, 5.74) is 3.27. The Hall–Kier alpha value is -2.19. The molecule has 2 heterocycles. The summed E-state index contributed by atoms with van der Waals surface area (Å²) in [5.74, 6) is -0.237. The second-order valence-electron chi connectivity index (χ2n) is 5.89. The number of benzene rings is 1. The fourth-order valence-electron chi connectivity index (χ4n) is 2.32. The van der Waals surface area contributed by atoms with Crippen molar-refractivity contribution in [3.63, 3.8) is 0 Å². The molecule has 0 bridgehead atoms. The van der Waals surface area contributed by atoms with Gasteiger partial charge in [0.05, 0.1) is 16.0 Å². The van der Waals surface area contributed by atoms with Crippen LogP contribution < -0.4 is 5.32 Å². The maximum Gasteiger partial charge on any atom is 0.253 e. The lowest BCUT2D eigenvalue weighted by Crippen LogP contribution is -2.22. The number of anilines is 1. The van der Waals surface area contributed by atoms with Gasteiger partial charge >= 0.3 is 0 Å². The smallest absolute Gasteiger partial charge is 0.253 e. The zero-order valence-electron chi connectivity index (χ0n) is 14.7. The number of hydrogen-bond acceptors (Lipinski definition) is 5. The number of hydrogen-bond donors (Lipinski definition) is 1. The summed E-state index contributed by atoms with van der Waals surface area (Å²) < 4.78 is 14.8. The van der Waals surface area contributed by atoms with Crippen LogP contribution in [0.3, 0.4) is 0 Å². The van der Waals surface area contributed by atoms with E-state index in [0.717, 1.165) is 23.0 Å². The molecule has 1 aromatic carbocycles. The van der Waals surface area contributed by atoms with Crippen LogP contribution in [-0.4, -0.2) is 30.7 Å². The van der Waals surface area contributed by atoms with Crippen molar-refractivity contribution in [1.82, 2.24) is 19.6 Å². The number of carbonyl (C=O) groups excluding carboxylic acids is 1. The fraction of sp³-hybridized carbons (Fsp3) is 0.294. The zero-order valence-corrected chi connectivity index (χ0v) is 16.2. The highest BCUT2D eigenvalue weighted by molar-refractivity contribution is 8.00. The first kappa shape index (κ1) is 18.6. The van der Waals surface area contributed by atoms with Crippen LogP contribution in [0.2, 0.25) is 5.02 Å².